The van der Waals surface area contributed by atoms with Crippen LogP contribution in [0.15, 0.2) is 26.3 Å². The summed E-state index contributed by atoms with van der Waals surface area (Å²) in [5.41, 5.74) is 5.25. The summed E-state index contributed by atoms with van der Waals surface area (Å²) in [4.78, 5) is 63.0. The Balaban J connectivity index is 1.34. The van der Waals surface area contributed by atoms with E-state index in [1.165, 1.54) is 39.8 Å². The fourth-order valence-electron chi connectivity index (χ4n) is 4.68. The first-order valence-electron chi connectivity index (χ1n) is 13.1. The van der Waals surface area contributed by atoms with Gasteiger partial charge in [-0.05, 0) is 39.2 Å². The van der Waals surface area contributed by atoms with Gasteiger partial charge in [-0.2, -0.15) is 9.36 Å². The fourth-order valence-corrected chi connectivity index (χ4v) is 8.08. The molecule has 2 aliphatic heterocycles. The van der Waals surface area contributed by atoms with Crippen LogP contribution in [0.3, 0.4) is 0 Å². The van der Waals surface area contributed by atoms with Crippen LogP contribution in [0.5, 0.6) is 0 Å². The molecule has 2 aromatic heterocycles. The number of β-lactam (4-membered cyclic amide) rings is 1. The smallest absolute Gasteiger partial charge is 0.353 e. The van der Waals surface area contributed by atoms with E-state index in [2.05, 4.69) is 30.0 Å². The van der Waals surface area contributed by atoms with Gasteiger partial charge in [-0.15, -0.1) is 22.0 Å². The summed E-state index contributed by atoms with van der Waals surface area (Å²) in [6, 6.07) is -1.04. The van der Waals surface area contributed by atoms with Gasteiger partial charge in [-0.3, -0.25) is 14.5 Å². The first kappa shape index (κ1) is 31.1. The van der Waals surface area contributed by atoms with Gasteiger partial charge in [0, 0.05) is 35.9 Å². The number of thioether (sulfide) groups is 2. The van der Waals surface area contributed by atoms with Crippen molar-refractivity contribution in [2.24, 2.45) is 5.16 Å². The van der Waals surface area contributed by atoms with Crippen LogP contribution in [0, 0.1) is 0 Å². The molecule has 1 aliphatic carbocycles. The minimum absolute atomic E-state index is 0.0714. The third-order valence-electron chi connectivity index (χ3n) is 6.61. The van der Waals surface area contributed by atoms with E-state index in [1.54, 1.807) is 26.3 Å². The molecular formula is C24H28N8O7S4. The number of hydrogen-bond donors (Lipinski definition) is 3. The Labute approximate surface area is 262 Å². The highest BCUT2D eigenvalue weighted by atomic mass is 32.2. The van der Waals surface area contributed by atoms with Gasteiger partial charge in [0.25, 0.3) is 11.8 Å². The lowest BCUT2D eigenvalue weighted by Crippen LogP contribution is -2.71. The van der Waals surface area contributed by atoms with E-state index in [0.29, 0.717) is 47.1 Å². The molecule has 1 unspecified atom stereocenters. The maximum absolute atomic E-state index is 13.5. The van der Waals surface area contributed by atoms with Crippen LogP contribution in [0.1, 0.15) is 52.3 Å². The molecule has 2 atom stereocenters. The second-order valence-corrected chi connectivity index (χ2v) is 14.7. The van der Waals surface area contributed by atoms with Gasteiger partial charge in [-0.25, -0.2) is 9.59 Å². The van der Waals surface area contributed by atoms with Gasteiger partial charge in [0.05, 0.1) is 0 Å². The molecule has 15 nitrogen and oxygen atoms in total. The number of carboxylic acid groups (broad SMARTS) is 1. The van der Waals surface area contributed by atoms with Crippen LogP contribution in [0.2, 0.25) is 0 Å². The highest BCUT2D eigenvalue weighted by Gasteiger charge is 2.54. The summed E-state index contributed by atoms with van der Waals surface area (Å²) in [7, 11) is 0. The number of oxime groups is 1. The highest BCUT2D eigenvalue weighted by Crippen LogP contribution is 2.42. The number of carbonyl (C=O) groups excluding carboxylic acids is 3. The number of nitrogens with two attached hydrogens (primary N) is 1. The number of nitrogens with one attached hydrogen (secondary N) is 1. The number of nitrogens with zero attached hydrogens (tertiary/aromatic N) is 6. The molecule has 4 N–H and O–H groups in total. The topological polar surface area (TPSA) is 212 Å². The highest BCUT2D eigenvalue weighted by molar-refractivity contribution is 8.01. The van der Waals surface area contributed by atoms with Crippen LogP contribution < -0.4 is 11.1 Å². The van der Waals surface area contributed by atoms with Gasteiger partial charge in [-0.1, -0.05) is 28.3 Å². The standard InChI is InChI=1S/C24H28N8O7S4/c1-23(2,3)38-20(37)24(6-4-5-7-24)39-30-12(15-28-21(25)43-31-15)16(33)27-13-17(34)32-14(19(35)36)11(8-40-18(13)32)9-41-22-29-26-10-42-22/h10,13,18H,4-9H2,1-3H3,(H,27,33)(H,35,36)(H2,25,28,31)/t13?,18-/m1/s1. The quantitative estimate of drug-likeness (QED) is 0.108. The number of carbonyl (C=O) groups is 4. The first-order valence-corrected chi connectivity index (χ1v) is 16.8. The number of nitrogen functional groups attached to an aromatic ring is 1. The normalized spacial score (nSPS) is 21.7. The lowest BCUT2D eigenvalue weighted by atomic mass is 10.0. The van der Waals surface area contributed by atoms with Crippen molar-refractivity contribution in [2.45, 2.75) is 73.4 Å². The van der Waals surface area contributed by atoms with Crippen molar-refractivity contribution in [3.8, 4) is 0 Å². The first-order chi connectivity index (χ1) is 20.4. The minimum atomic E-state index is -1.40. The summed E-state index contributed by atoms with van der Waals surface area (Å²) in [5, 5.41) is 23.8. The Bertz CT molecular complexity index is 1480. The molecule has 230 valence electrons. The Hall–Kier alpha value is -3.29. The van der Waals surface area contributed by atoms with Crippen LogP contribution in [-0.4, -0.2) is 93.1 Å². The number of aliphatic carboxylic acids is 1. The number of amides is 2. The maximum atomic E-state index is 13.5. The molecular weight excluding hydrogens is 641 g/mol. The van der Waals surface area contributed by atoms with E-state index in [4.69, 9.17) is 15.3 Å². The summed E-state index contributed by atoms with van der Waals surface area (Å²) >= 11 is 4.83. The average molecular weight is 669 g/mol. The third kappa shape index (κ3) is 6.63. The number of hydrogen-bond acceptors (Lipinski definition) is 16. The van der Waals surface area contributed by atoms with Crippen molar-refractivity contribution < 1.29 is 33.9 Å². The van der Waals surface area contributed by atoms with Crippen LogP contribution in [-0.2, 0) is 28.8 Å². The van der Waals surface area contributed by atoms with Gasteiger partial charge in [0.2, 0.25) is 17.1 Å². The minimum Gasteiger partial charge on any atom is -0.477 e. The molecule has 1 saturated carbocycles. The second kappa shape index (κ2) is 12.4. The van der Waals surface area contributed by atoms with Crippen molar-refractivity contribution >= 4 is 81.0 Å². The zero-order valence-electron chi connectivity index (χ0n) is 23.3. The van der Waals surface area contributed by atoms with Gasteiger partial charge >= 0.3 is 11.9 Å². The Morgan fingerprint density at radius 3 is 2.65 bits per heavy atom. The summed E-state index contributed by atoms with van der Waals surface area (Å²) < 4.78 is 10.3. The van der Waals surface area contributed by atoms with Crippen molar-refractivity contribution in [3.63, 3.8) is 0 Å². The van der Waals surface area contributed by atoms with Crippen LogP contribution in [0.4, 0.5) is 5.13 Å². The molecule has 19 heteroatoms. The number of carboxylic acids is 1. The number of aromatic nitrogens is 4. The molecule has 0 aromatic carbocycles. The Kier molecular flexibility index (Phi) is 8.96. The molecule has 1 saturated heterocycles. The molecule has 5 rings (SSSR count). The molecule has 0 bridgehead atoms. The van der Waals surface area contributed by atoms with Crippen LogP contribution >= 0.6 is 46.4 Å². The van der Waals surface area contributed by atoms with Crippen molar-refractivity contribution in [1.29, 1.82) is 0 Å². The van der Waals surface area contributed by atoms with E-state index in [1.807, 2.05) is 0 Å². The number of rotatable bonds is 10. The number of ether oxygens (including phenoxy) is 1. The van der Waals surface area contributed by atoms with Gasteiger partial charge in [0.1, 0.15) is 28.2 Å². The average Bonchev–Trinajstić information content (AvgIpc) is 3.72. The van der Waals surface area contributed by atoms with Crippen molar-refractivity contribution in [1.82, 2.24) is 29.8 Å². The van der Waals surface area contributed by atoms with Gasteiger partial charge in [0.15, 0.2) is 9.47 Å². The SMILES string of the molecule is CC(C)(C)OC(=O)C1(ON=C(C(=O)NC2C(=O)N3C(C(=O)O)=C(CSc4nncs4)CS[C@H]23)c2nsc(N)n2)CCCC1. The third-order valence-corrected chi connectivity index (χ3v) is 10.4. The van der Waals surface area contributed by atoms with E-state index >= 15 is 0 Å². The maximum Gasteiger partial charge on any atom is 0.353 e. The molecule has 2 aromatic rings. The predicted octanol–water partition coefficient (Wildman–Crippen LogP) is 1.88. The molecule has 4 heterocycles. The fraction of sp³-hybridized carbons (Fsp3) is 0.542. The Morgan fingerprint density at radius 2 is 2.05 bits per heavy atom. The molecule has 43 heavy (non-hydrogen) atoms. The van der Waals surface area contributed by atoms with Crippen molar-refractivity contribution in [3.05, 3.63) is 22.6 Å². The Morgan fingerprint density at radius 1 is 1.30 bits per heavy atom. The predicted molar refractivity (Wildman–Crippen MR) is 159 cm³/mol. The summed E-state index contributed by atoms with van der Waals surface area (Å²) in [5.74, 6) is -2.75. The van der Waals surface area contributed by atoms with E-state index < -0.39 is 46.4 Å². The zero-order chi connectivity index (χ0) is 30.9. The van der Waals surface area contributed by atoms with Crippen LogP contribution in [0.25, 0.3) is 0 Å². The molecule has 3 aliphatic rings. The molecule has 0 spiro atoms. The van der Waals surface area contributed by atoms with Gasteiger partial charge < -0.3 is 25.7 Å². The van der Waals surface area contributed by atoms with E-state index in [9.17, 15) is 24.3 Å². The van der Waals surface area contributed by atoms with E-state index in [0.717, 1.165) is 11.5 Å². The lowest BCUT2D eigenvalue weighted by Gasteiger charge is -2.49. The molecule has 2 amide bonds. The second-order valence-electron chi connectivity index (χ2n) is 10.8. The lowest BCUT2D eigenvalue weighted by molar-refractivity contribution is -0.183. The van der Waals surface area contributed by atoms with Crippen molar-refractivity contribution in [2.75, 3.05) is 17.2 Å². The molecule has 0 radical (unpaired) electrons. The van der Waals surface area contributed by atoms with E-state index in [-0.39, 0.29) is 22.4 Å². The molecule has 2 fully saturated rings. The summed E-state index contributed by atoms with van der Waals surface area (Å²) in [6.07, 6.45) is 2.08. The summed E-state index contributed by atoms with van der Waals surface area (Å²) in [6.45, 7) is 5.22. The number of esters is 1. The number of fused-ring (bicyclic) bond motifs is 1. The monoisotopic (exact) mass is 668 g/mol. The zero-order valence-corrected chi connectivity index (χ0v) is 26.5. The number of anilines is 1. The largest absolute Gasteiger partial charge is 0.477 e.